The van der Waals surface area contributed by atoms with Crippen LogP contribution in [0, 0.1) is 17.0 Å². The Bertz CT molecular complexity index is 1240. The topological polar surface area (TPSA) is 98.0 Å². The molecular weight excluding hydrogens is 412 g/mol. The first kappa shape index (κ1) is 19.0. The Balaban J connectivity index is 1.59. The lowest BCUT2D eigenvalue weighted by Gasteiger charge is -2.10. The third kappa shape index (κ3) is 3.80. The molecule has 0 aliphatic rings. The number of fused-ring (bicyclic) bond motifs is 1. The summed E-state index contributed by atoms with van der Waals surface area (Å²) in [6.07, 6.45) is 1.73. The number of carbonyl (C=O) groups is 1. The Morgan fingerprint density at radius 2 is 2.03 bits per heavy atom. The maximum Gasteiger partial charge on any atom is 0.288 e. The van der Waals surface area contributed by atoms with Crippen LogP contribution < -0.4 is 5.32 Å². The van der Waals surface area contributed by atoms with Crippen LogP contribution in [-0.4, -0.2) is 20.8 Å². The van der Waals surface area contributed by atoms with Gasteiger partial charge in [-0.2, -0.15) is 0 Å². The van der Waals surface area contributed by atoms with E-state index in [1.807, 2.05) is 31.2 Å². The lowest BCUT2D eigenvalue weighted by molar-refractivity contribution is -0.384. The fourth-order valence-corrected chi connectivity index (χ4v) is 3.91. The summed E-state index contributed by atoms with van der Waals surface area (Å²) in [6, 6.07) is 13.3. The zero-order chi connectivity index (χ0) is 20.5. The van der Waals surface area contributed by atoms with Crippen LogP contribution >= 0.6 is 22.9 Å². The molecule has 0 fully saturated rings. The standard InChI is InChI=1S/C20H13ClN4O3S/c1-11-9-13(19-24-16-3-2-8-22-20(16)29-19)5-7-15(11)23-18(26)12-4-6-14(21)17(10-12)25(27)28/h2-10H,1H3,(H,23,26). The van der Waals surface area contributed by atoms with Gasteiger partial charge in [-0.05, 0) is 55.0 Å². The van der Waals surface area contributed by atoms with Crippen molar-refractivity contribution in [2.24, 2.45) is 0 Å². The molecule has 0 radical (unpaired) electrons. The van der Waals surface area contributed by atoms with Crippen LogP contribution in [0.15, 0.2) is 54.7 Å². The van der Waals surface area contributed by atoms with Crippen molar-refractivity contribution in [1.82, 2.24) is 9.97 Å². The largest absolute Gasteiger partial charge is 0.322 e. The Morgan fingerprint density at radius 1 is 1.21 bits per heavy atom. The minimum absolute atomic E-state index is 0.0163. The van der Waals surface area contributed by atoms with Crippen molar-refractivity contribution in [3.8, 4) is 10.6 Å². The number of aryl methyl sites for hydroxylation is 1. The van der Waals surface area contributed by atoms with Gasteiger partial charge in [-0.25, -0.2) is 9.97 Å². The summed E-state index contributed by atoms with van der Waals surface area (Å²) in [5, 5.41) is 14.6. The molecule has 1 N–H and O–H groups in total. The van der Waals surface area contributed by atoms with Crippen LogP contribution in [0.5, 0.6) is 0 Å². The van der Waals surface area contributed by atoms with Crippen molar-refractivity contribution in [2.45, 2.75) is 6.92 Å². The van der Waals surface area contributed by atoms with Crippen LogP contribution in [-0.2, 0) is 0 Å². The van der Waals surface area contributed by atoms with Gasteiger partial charge < -0.3 is 5.32 Å². The predicted molar refractivity (Wildman–Crippen MR) is 114 cm³/mol. The Labute approximate surface area is 174 Å². The zero-order valence-electron chi connectivity index (χ0n) is 15.0. The van der Waals surface area contributed by atoms with Gasteiger partial charge in [0, 0.05) is 29.1 Å². The Kier molecular flexibility index (Phi) is 4.96. The summed E-state index contributed by atoms with van der Waals surface area (Å²) in [6.45, 7) is 1.87. The second-order valence-corrected chi connectivity index (χ2v) is 7.64. The van der Waals surface area contributed by atoms with Gasteiger partial charge in [-0.15, -0.1) is 0 Å². The quantitative estimate of drug-likeness (QED) is 0.345. The lowest BCUT2D eigenvalue weighted by atomic mass is 10.1. The summed E-state index contributed by atoms with van der Waals surface area (Å²) in [5.41, 5.74) is 3.05. The summed E-state index contributed by atoms with van der Waals surface area (Å²) in [4.78, 5) is 32.7. The van der Waals surface area contributed by atoms with E-state index in [9.17, 15) is 14.9 Å². The molecule has 29 heavy (non-hydrogen) atoms. The van der Waals surface area contributed by atoms with Gasteiger partial charge in [0.1, 0.15) is 20.4 Å². The molecule has 144 valence electrons. The number of pyridine rings is 1. The molecule has 9 heteroatoms. The second kappa shape index (κ2) is 7.57. The number of amides is 1. The number of hydrogen-bond acceptors (Lipinski definition) is 6. The first-order valence-electron chi connectivity index (χ1n) is 8.50. The summed E-state index contributed by atoms with van der Waals surface area (Å²) >= 11 is 7.30. The highest BCUT2D eigenvalue weighted by molar-refractivity contribution is 7.21. The van der Waals surface area contributed by atoms with E-state index in [1.165, 1.54) is 23.5 Å². The maximum atomic E-state index is 12.5. The number of nitrogens with zero attached hydrogens (tertiary/aromatic N) is 3. The van der Waals surface area contributed by atoms with E-state index < -0.39 is 10.8 Å². The molecule has 0 saturated carbocycles. The molecule has 2 aromatic heterocycles. The molecule has 4 aromatic rings. The molecule has 0 spiro atoms. The summed E-state index contributed by atoms with van der Waals surface area (Å²) in [7, 11) is 0. The monoisotopic (exact) mass is 424 g/mol. The van der Waals surface area contributed by atoms with E-state index >= 15 is 0 Å². The molecule has 0 unspecified atom stereocenters. The van der Waals surface area contributed by atoms with E-state index in [4.69, 9.17) is 11.6 Å². The highest BCUT2D eigenvalue weighted by atomic mass is 35.5. The lowest BCUT2D eigenvalue weighted by Crippen LogP contribution is -2.13. The molecule has 2 aromatic carbocycles. The smallest absolute Gasteiger partial charge is 0.288 e. The number of halogens is 1. The highest BCUT2D eigenvalue weighted by Crippen LogP contribution is 2.31. The van der Waals surface area contributed by atoms with Gasteiger partial charge in [0.25, 0.3) is 11.6 Å². The molecular formula is C20H13ClN4O3S. The average Bonchev–Trinajstić information content (AvgIpc) is 3.13. The normalized spacial score (nSPS) is 10.8. The van der Waals surface area contributed by atoms with Crippen LogP contribution in [0.1, 0.15) is 15.9 Å². The van der Waals surface area contributed by atoms with Gasteiger partial charge in [-0.3, -0.25) is 14.9 Å². The number of thiazole rings is 1. The number of nitro benzene ring substituents is 1. The Hall–Kier alpha value is -3.36. The molecule has 7 nitrogen and oxygen atoms in total. The Morgan fingerprint density at radius 3 is 2.76 bits per heavy atom. The molecule has 0 saturated heterocycles. The fourth-order valence-electron chi connectivity index (χ4n) is 2.82. The van der Waals surface area contributed by atoms with Crippen molar-refractivity contribution in [1.29, 1.82) is 0 Å². The number of anilines is 1. The van der Waals surface area contributed by atoms with Crippen LogP contribution in [0.3, 0.4) is 0 Å². The van der Waals surface area contributed by atoms with Gasteiger partial charge in [-0.1, -0.05) is 22.9 Å². The van der Waals surface area contributed by atoms with Crippen molar-refractivity contribution in [3.05, 3.63) is 81.0 Å². The third-order valence-corrected chi connectivity index (χ3v) is 5.64. The van der Waals surface area contributed by atoms with Crippen LogP contribution in [0.25, 0.3) is 20.9 Å². The van der Waals surface area contributed by atoms with Gasteiger partial charge in [0.05, 0.1) is 4.92 Å². The first-order chi connectivity index (χ1) is 13.9. The molecule has 4 rings (SSSR count). The zero-order valence-corrected chi connectivity index (χ0v) is 16.6. The molecule has 0 aliphatic heterocycles. The summed E-state index contributed by atoms with van der Waals surface area (Å²) < 4.78 is 0. The molecule has 0 aliphatic carbocycles. The van der Waals surface area contributed by atoms with Crippen molar-refractivity contribution < 1.29 is 9.72 Å². The van der Waals surface area contributed by atoms with Crippen molar-refractivity contribution in [3.63, 3.8) is 0 Å². The number of benzene rings is 2. The van der Waals surface area contributed by atoms with E-state index in [0.717, 1.165) is 32.5 Å². The highest BCUT2D eigenvalue weighted by Gasteiger charge is 2.17. The van der Waals surface area contributed by atoms with Gasteiger partial charge >= 0.3 is 0 Å². The molecule has 0 atom stereocenters. The molecule has 1 amide bonds. The number of rotatable bonds is 4. The number of nitro groups is 1. The van der Waals surface area contributed by atoms with Gasteiger partial charge in [0.2, 0.25) is 0 Å². The van der Waals surface area contributed by atoms with E-state index in [1.54, 1.807) is 12.3 Å². The molecule has 0 bridgehead atoms. The summed E-state index contributed by atoms with van der Waals surface area (Å²) in [5.74, 6) is -0.454. The first-order valence-corrected chi connectivity index (χ1v) is 9.69. The second-order valence-electron chi connectivity index (χ2n) is 6.25. The van der Waals surface area contributed by atoms with E-state index in [2.05, 4.69) is 15.3 Å². The van der Waals surface area contributed by atoms with Crippen LogP contribution in [0.4, 0.5) is 11.4 Å². The maximum absolute atomic E-state index is 12.5. The van der Waals surface area contributed by atoms with Crippen molar-refractivity contribution >= 4 is 50.6 Å². The van der Waals surface area contributed by atoms with Crippen molar-refractivity contribution in [2.75, 3.05) is 5.32 Å². The fraction of sp³-hybridized carbons (Fsp3) is 0.0500. The molecule has 2 heterocycles. The number of aromatic nitrogens is 2. The minimum atomic E-state index is -0.619. The van der Waals surface area contributed by atoms with E-state index in [-0.39, 0.29) is 16.3 Å². The van der Waals surface area contributed by atoms with Crippen LogP contribution in [0.2, 0.25) is 5.02 Å². The minimum Gasteiger partial charge on any atom is -0.322 e. The van der Waals surface area contributed by atoms with Gasteiger partial charge in [0.15, 0.2) is 0 Å². The average molecular weight is 425 g/mol. The SMILES string of the molecule is Cc1cc(-c2nc3cccnc3s2)ccc1NC(=O)c1ccc(Cl)c([N+](=O)[O-])c1. The predicted octanol–water partition coefficient (Wildman–Crippen LogP) is 5.48. The van der Waals surface area contributed by atoms with E-state index in [0.29, 0.717) is 5.69 Å². The number of carbonyl (C=O) groups excluding carboxylic acids is 1. The number of nitrogens with one attached hydrogen (secondary N) is 1. The third-order valence-electron chi connectivity index (χ3n) is 4.29. The number of hydrogen-bond donors (Lipinski definition) is 1.